The van der Waals surface area contributed by atoms with E-state index in [0.717, 1.165) is 11.0 Å². The molecule has 0 bridgehead atoms. The molecule has 4 N–H and O–H groups in total. The smallest absolute Gasteiger partial charge is 0.351 e. The third-order valence-corrected chi connectivity index (χ3v) is 3.92. The van der Waals surface area contributed by atoms with E-state index in [1.165, 1.54) is 12.3 Å². The first-order valence-electron chi connectivity index (χ1n) is 7.95. The minimum Gasteiger partial charge on any atom is -0.462 e. The normalized spacial score (nSPS) is 27.7. The van der Waals surface area contributed by atoms with Crippen molar-refractivity contribution < 1.29 is 24.5 Å². The zero-order valence-electron chi connectivity index (χ0n) is 14.1. The molecule has 142 valence electrons. The molecule has 2 heterocycles. The molecule has 4 atom stereocenters. The van der Waals surface area contributed by atoms with E-state index in [-0.39, 0.29) is 12.2 Å². The molecule has 1 saturated heterocycles. The molecule has 12 nitrogen and oxygen atoms in total. The molecule has 0 aliphatic carbocycles. The number of anilines is 1. The average Bonchev–Trinajstić information content (AvgIpc) is 2.84. The number of hydrogen-bond donors (Lipinski definition) is 3. The average molecular weight is 368 g/mol. The molecular formula is C14H20N6O6. The van der Waals surface area contributed by atoms with Crippen molar-refractivity contribution in [2.45, 2.75) is 50.3 Å². The molecule has 0 saturated carbocycles. The Morgan fingerprint density at radius 1 is 1.62 bits per heavy atom. The van der Waals surface area contributed by atoms with Gasteiger partial charge in [0.25, 0.3) is 0 Å². The zero-order valence-corrected chi connectivity index (χ0v) is 14.1. The van der Waals surface area contributed by atoms with Gasteiger partial charge in [0.05, 0.1) is 0 Å². The van der Waals surface area contributed by atoms with Crippen LogP contribution in [0.15, 0.2) is 22.2 Å². The molecule has 26 heavy (non-hydrogen) atoms. The molecule has 1 fully saturated rings. The molecule has 2 rings (SSSR count). The number of rotatable bonds is 7. The maximum atomic E-state index is 11.9. The number of carbonyl (C=O) groups is 1. The molecule has 1 aromatic rings. The molecule has 1 aliphatic rings. The Kier molecular flexibility index (Phi) is 6.16. The van der Waals surface area contributed by atoms with E-state index in [4.69, 9.17) is 20.7 Å². The lowest BCUT2D eigenvalue weighted by molar-refractivity contribution is -0.165. The standard InChI is InChI=1S/C14H20N6O6/c1-2-3-4-9(21)25-7-14(18-19-16)11(23)10(22)12(26-14)20-6-5-8(15)17-13(20)24/h5-6,10-12,22-23H,2-4,7H2,1H3,(H2,15,17,24)/t10-,11+,12-,14-/m1/s1. The maximum Gasteiger partial charge on any atom is 0.351 e. The van der Waals surface area contributed by atoms with Crippen LogP contribution in [-0.4, -0.2) is 50.3 Å². The minimum atomic E-state index is -2.08. The van der Waals surface area contributed by atoms with E-state index in [1.54, 1.807) is 0 Å². The molecule has 0 unspecified atom stereocenters. The highest BCUT2D eigenvalue weighted by atomic mass is 16.6. The summed E-state index contributed by atoms with van der Waals surface area (Å²) in [5, 5.41) is 23.9. The summed E-state index contributed by atoms with van der Waals surface area (Å²) in [6.45, 7) is 1.28. The van der Waals surface area contributed by atoms with Crippen molar-refractivity contribution in [1.29, 1.82) is 0 Å². The summed E-state index contributed by atoms with van der Waals surface area (Å²) in [5.41, 5.74) is 11.3. The van der Waals surface area contributed by atoms with Gasteiger partial charge in [-0.3, -0.25) is 9.36 Å². The second-order valence-corrected chi connectivity index (χ2v) is 5.78. The summed E-state index contributed by atoms with van der Waals surface area (Å²) in [7, 11) is 0. The number of ether oxygens (including phenoxy) is 2. The Balaban J connectivity index is 2.25. The monoisotopic (exact) mass is 368 g/mol. The van der Waals surface area contributed by atoms with Crippen molar-refractivity contribution in [3.63, 3.8) is 0 Å². The number of aliphatic hydroxyl groups is 2. The summed E-state index contributed by atoms with van der Waals surface area (Å²) < 4.78 is 11.4. The number of nitrogen functional groups attached to an aromatic ring is 1. The van der Waals surface area contributed by atoms with Crippen LogP contribution in [0.1, 0.15) is 32.4 Å². The zero-order chi connectivity index (χ0) is 19.3. The lowest BCUT2D eigenvalue weighted by Crippen LogP contribution is -2.45. The highest BCUT2D eigenvalue weighted by molar-refractivity contribution is 5.69. The lowest BCUT2D eigenvalue weighted by Gasteiger charge is -2.26. The summed E-state index contributed by atoms with van der Waals surface area (Å²) in [5.74, 6) is -0.607. The van der Waals surface area contributed by atoms with Crippen LogP contribution in [0.5, 0.6) is 0 Å². The molecule has 0 radical (unpaired) electrons. The number of carbonyl (C=O) groups excluding carboxylic acids is 1. The SMILES string of the molecule is CCCCC(=O)OC[C@@]1(N=[N+]=[N-])O[C@@H](n2ccc(N)nc2=O)[C@H](O)[C@@H]1O. The van der Waals surface area contributed by atoms with Crippen LogP contribution in [0.3, 0.4) is 0 Å². The number of azide groups is 1. The van der Waals surface area contributed by atoms with Gasteiger partial charge < -0.3 is 25.4 Å². The van der Waals surface area contributed by atoms with Gasteiger partial charge in [-0.25, -0.2) is 4.79 Å². The molecule has 0 amide bonds. The fourth-order valence-corrected chi connectivity index (χ4v) is 2.50. The quantitative estimate of drug-likeness (QED) is 0.256. The van der Waals surface area contributed by atoms with Crippen LogP contribution >= 0.6 is 0 Å². The summed E-state index contributed by atoms with van der Waals surface area (Å²) in [6, 6.07) is 1.29. The van der Waals surface area contributed by atoms with Crippen molar-refractivity contribution in [2.75, 3.05) is 12.3 Å². The predicted molar refractivity (Wildman–Crippen MR) is 87.4 cm³/mol. The van der Waals surface area contributed by atoms with Gasteiger partial charge in [-0.15, -0.1) is 0 Å². The Hall–Kier alpha value is -2.66. The van der Waals surface area contributed by atoms with Crippen molar-refractivity contribution in [2.24, 2.45) is 5.11 Å². The molecule has 1 aromatic heterocycles. The van der Waals surface area contributed by atoms with Crippen molar-refractivity contribution >= 4 is 11.8 Å². The van der Waals surface area contributed by atoms with Gasteiger partial charge in [0.15, 0.2) is 6.23 Å². The van der Waals surface area contributed by atoms with E-state index in [0.29, 0.717) is 6.42 Å². The maximum absolute atomic E-state index is 11.9. The van der Waals surface area contributed by atoms with Crippen LogP contribution in [0.25, 0.3) is 10.4 Å². The number of unbranched alkanes of at least 4 members (excludes halogenated alkanes) is 1. The topological polar surface area (TPSA) is 186 Å². The first-order valence-corrected chi connectivity index (χ1v) is 7.95. The van der Waals surface area contributed by atoms with Gasteiger partial charge in [-0.05, 0) is 18.0 Å². The van der Waals surface area contributed by atoms with Crippen molar-refractivity contribution in [1.82, 2.24) is 9.55 Å². The fourth-order valence-electron chi connectivity index (χ4n) is 2.50. The van der Waals surface area contributed by atoms with E-state index < -0.39 is 42.4 Å². The van der Waals surface area contributed by atoms with Crippen LogP contribution in [-0.2, 0) is 14.3 Å². The van der Waals surface area contributed by atoms with Crippen LogP contribution in [0.4, 0.5) is 5.82 Å². The number of aliphatic hydroxyl groups excluding tert-OH is 2. The molecule has 0 aromatic carbocycles. The van der Waals surface area contributed by atoms with E-state index in [2.05, 4.69) is 15.0 Å². The Bertz CT molecular complexity index is 763. The van der Waals surface area contributed by atoms with Gasteiger partial charge in [-0.2, -0.15) is 4.98 Å². The van der Waals surface area contributed by atoms with Crippen molar-refractivity contribution in [3.8, 4) is 0 Å². The third kappa shape index (κ3) is 3.94. The van der Waals surface area contributed by atoms with Crippen LogP contribution in [0.2, 0.25) is 0 Å². The second kappa shape index (κ2) is 8.15. The first-order chi connectivity index (χ1) is 12.3. The van der Waals surface area contributed by atoms with Gasteiger partial charge in [0, 0.05) is 17.5 Å². The van der Waals surface area contributed by atoms with E-state index >= 15 is 0 Å². The highest BCUT2D eigenvalue weighted by Gasteiger charge is 2.56. The Morgan fingerprint density at radius 3 is 2.96 bits per heavy atom. The van der Waals surface area contributed by atoms with Gasteiger partial charge in [0.2, 0.25) is 5.72 Å². The molecule has 1 aliphatic heterocycles. The van der Waals surface area contributed by atoms with Crippen molar-refractivity contribution in [3.05, 3.63) is 33.2 Å². The summed E-state index contributed by atoms with van der Waals surface area (Å²) >= 11 is 0. The molecule has 0 spiro atoms. The minimum absolute atomic E-state index is 0.0366. The lowest BCUT2D eigenvalue weighted by atomic mass is 10.1. The predicted octanol–water partition coefficient (Wildman–Crippen LogP) is -0.184. The second-order valence-electron chi connectivity index (χ2n) is 5.78. The van der Waals surface area contributed by atoms with Gasteiger partial charge in [0.1, 0.15) is 24.6 Å². The third-order valence-electron chi connectivity index (χ3n) is 3.92. The van der Waals surface area contributed by atoms with Gasteiger partial charge >= 0.3 is 11.7 Å². The van der Waals surface area contributed by atoms with E-state index in [1.807, 2.05) is 6.92 Å². The number of aromatic nitrogens is 2. The van der Waals surface area contributed by atoms with Crippen LogP contribution in [0, 0.1) is 0 Å². The molecular weight excluding hydrogens is 348 g/mol. The number of nitrogens with zero attached hydrogens (tertiary/aromatic N) is 5. The molecule has 12 heteroatoms. The van der Waals surface area contributed by atoms with E-state index in [9.17, 15) is 19.8 Å². The van der Waals surface area contributed by atoms with Crippen LogP contribution < -0.4 is 11.4 Å². The Labute approximate surface area is 147 Å². The fraction of sp³-hybridized carbons (Fsp3) is 0.643. The summed E-state index contributed by atoms with van der Waals surface area (Å²) in [4.78, 5) is 29.7. The Morgan fingerprint density at radius 2 is 2.35 bits per heavy atom. The highest BCUT2D eigenvalue weighted by Crippen LogP contribution is 2.38. The van der Waals surface area contributed by atoms with Gasteiger partial charge in [-0.1, -0.05) is 18.5 Å². The largest absolute Gasteiger partial charge is 0.462 e. The number of nitrogens with two attached hydrogens (primary N) is 1. The first kappa shape index (κ1) is 19.7. The summed E-state index contributed by atoms with van der Waals surface area (Å²) in [6.07, 6.45) is -2.05. The number of hydrogen-bond acceptors (Lipinski definition) is 9. The number of esters is 1.